The van der Waals surface area contributed by atoms with E-state index in [1.54, 1.807) is 60.7 Å². The summed E-state index contributed by atoms with van der Waals surface area (Å²) in [7, 11) is 0. The summed E-state index contributed by atoms with van der Waals surface area (Å²) in [6.07, 6.45) is 1.48. The Morgan fingerprint density at radius 3 is 2.53 bits per heavy atom. The molecule has 0 aromatic heterocycles. The zero-order valence-corrected chi connectivity index (χ0v) is 17.2. The molecule has 0 radical (unpaired) electrons. The van der Waals surface area contributed by atoms with Crippen molar-refractivity contribution in [2.45, 2.75) is 12.5 Å². The fourth-order valence-corrected chi connectivity index (χ4v) is 4.15. The minimum atomic E-state index is -1.21. The van der Waals surface area contributed by atoms with E-state index in [2.05, 4.69) is 0 Å². The molecule has 1 unspecified atom stereocenters. The molecule has 1 amide bonds. The lowest BCUT2D eigenvalue weighted by Gasteiger charge is -2.23. The van der Waals surface area contributed by atoms with Gasteiger partial charge >= 0.3 is 11.9 Å². The molecule has 1 heterocycles. The summed E-state index contributed by atoms with van der Waals surface area (Å²) in [4.78, 5) is 36.9. The Balaban J connectivity index is 1.83. The molecule has 1 saturated heterocycles. The number of hydrogen-bond acceptors (Lipinski definition) is 6. The third kappa shape index (κ3) is 5.05. The van der Waals surface area contributed by atoms with Crippen LogP contribution in [0.1, 0.15) is 23.6 Å². The molecular weight excluding hydrogens is 426 g/mol. The molecule has 9 heteroatoms. The van der Waals surface area contributed by atoms with E-state index in [-0.39, 0.29) is 17.3 Å². The summed E-state index contributed by atoms with van der Waals surface area (Å²) in [5.41, 5.74) is 1.10. The highest BCUT2D eigenvalue weighted by Crippen LogP contribution is 2.38. The van der Waals surface area contributed by atoms with E-state index in [1.807, 2.05) is 0 Å². The number of amides is 1. The Kier molecular flexibility index (Phi) is 6.86. The second kappa shape index (κ2) is 9.55. The Morgan fingerprint density at radius 2 is 1.87 bits per heavy atom. The van der Waals surface area contributed by atoms with Crippen molar-refractivity contribution >= 4 is 52.2 Å². The molecule has 0 spiro atoms. The number of benzene rings is 2. The van der Waals surface area contributed by atoms with Gasteiger partial charge in [0.2, 0.25) is 0 Å². The van der Waals surface area contributed by atoms with Gasteiger partial charge in [0.1, 0.15) is 10.1 Å². The second-order valence-electron chi connectivity index (χ2n) is 6.27. The van der Waals surface area contributed by atoms with Crippen LogP contribution in [-0.4, -0.2) is 43.9 Å². The van der Waals surface area contributed by atoms with Gasteiger partial charge in [0.25, 0.3) is 5.91 Å². The molecule has 154 valence electrons. The fraction of sp³-hybridized carbons (Fsp3) is 0.143. The number of carboxylic acids is 2. The van der Waals surface area contributed by atoms with E-state index < -0.39 is 23.9 Å². The SMILES string of the molecule is O=C(O)CCOc1cccc(/C=C2\SC(=S)N(C(C(=O)O)c3ccccc3)C2=O)c1. The fourth-order valence-electron chi connectivity index (χ4n) is 2.84. The van der Waals surface area contributed by atoms with Gasteiger partial charge in [-0.05, 0) is 29.3 Å². The first-order chi connectivity index (χ1) is 14.4. The zero-order chi connectivity index (χ0) is 21.7. The quantitative estimate of drug-likeness (QED) is 0.471. The van der Waals surface area contributed by atoms with Crippen LogP contribution in [0, 0.1) is 0 Å². The molecule has 0 aliphatic carbocycles. The Morgan fingerprint density at radius 1 is 1.13 bits per heavy atom. The molecule has 0 bridgehead atoms. The summed E-state index contributed by atoms with van der Waals surface area (Å²) in [5.74, 6) is -2.15. The minimum Gasteiger partial charge on any atom is -0.493 e. The summed E-state index contributed by atoms with van der Waals surface area (Å²) in [5, 5.41) is 18.4. The summed E-state index contributed by atoms with van der Waals surface area (Å²) in [6, 6.07) is 14.0. The molecule has 0 saturated carbocycles. The molecule has 2 N–H and O–H groups in total. The molecule has 1 aliphatic rings. The maximum absolute atomic E-state index is 13.0. The van der Waals surface area contributed by atoms with Crippen LogP contribution in [0.15, 0.2) is 59.5 Å². The van der Waals surface area contributed by atoms with Gasteiger partial charge < -0.3 is 14.9 Å². The number of aliphatic carboxylic acids is 2. The third-order valence-electron chi connectivity index (χ3n) is 4.17. The van der Waals surface area contributed by atoms with E-state index in [1.165, 1.54) is 0 Å². The average Bonchev–Trinajstić information content (AvgIpc) is 2.97. The number of thiocarbonyl (C=S) groups is 1. The van der Waals surface area contributed by atoms with Crippen LogP contribution in [-0.2, 0) is 14.4 Å². The predicted octanol–water partition coefficient (Wildman–Crippen LogP) is 3.57. The van der Waals surface area contributed by atoms with Crippen molar-refractivity contribution in [1.29, 1.82) is 0 Å². The number of thioether (sulfide) groups is 1. The normalized spacial score (nSPS) is 16.0. The van der Waals surface area contributed by atoms with Crippen molar-refractivity contribution in [1.82, 2.24) is 4.90 Å². The van der Waals surface area contributed by atoms with Gasteiger partial charge in [-0.1, -0.05) is 66.4 Å². The van der Waals surface area contributed by atoms with Crippen LogP contribution in [0.5, 0.6) is 5.75 Å². The maximum atomic E-state index is 13.0. The van der Waals surface area contributed by atoms with Crippen LogP contribution in [0.3, 0.4) is 0 Å². The van der Waals surface area contributed by atoms with Gasteiger partial charge in [-0.25, -0.2) is 4.79 Å². The van der Waals surface area contributed by atoms with Crippen LogP contribution < -0.4 is 4.74 Å². The molecule has 1 atom stereocenters. The van der Waals surface area contributed by atoms with Crippen molar-refractivity contribution in [3.05, 3.63) is 70.6 Å². The number of carbonyl (C=O) groups excluding carboxylic acids is 1. The smallest absolute Gasteiger partial charge is 0.331 e. The van der Waals surface area contributed by atoms with Gasteiger partial charge in [0.05, 0.1) is 17.9 Å². The summed E-state index contributed by atoms with van der Waals surface area (Å²) in [6.45, 7) is 0.0261. The lowest BCUT2D eigenvalue weighted by molar-refractivity contribution is -0.145. The summed E-state index contributed by atoms with van der Waals surface area (Å²) >= 11 is 6.33. The molecule has 1 aliphatic heterocycles. The Hall–Kier alpha value is -3.17. The lowest BCUT2D eigenvalue weighted by atomic mass is 10.1. The Labute approximate surface area is 182 Å². The topological polar surface area (TPSA) is 104 Å². The zero-order valence-electron chi connectivity index (χ0n) is 15.6. The van der Waals surface area contributed by atoms with E-state index in [0.29, 0.717) is 21.8 Å². The molecule has 30 heavy (non-hydrogen) atoms. The highest BCUT2D eigenvalue weighted by Gasteiger charge is 2.41. The number of carbonyl (C=O) groups is 3. The number of hydrogen-bond donors (Lipinski definition) is 2. The highest BCUT2D eigenvalue weighted by atomic mass is 32.2. The third-order valence-corrected chi connectivity index (χ3v) is 5.50. The van der Waals surface area contributed by atoms with E-state index in [0.717, 1.165) is 16.7 Å². The lowest BCUT2D eigenvalue weighted by Crippen LogP contribution is -2.37. The van der Waals surface area contributed by atoms with E-state index in [4.69, 9.17) is 22.1 Å². The van der Waals surface area contributed by atoms with Gasteiger partial charge in [-0.2, -0.15) is 0 Å². The first-order valence-electron chi connectivity index (χ1n) is 8.86. The standard InChI is InChI=1S/C21H17NO6S2/c23-17(24)9-10-28-15-8-4-5-13(11-15)12-16-19(25)22(21(29)30-16)18(20(26)27)14-6-2-1-3-7-14/h1-8,11-12,18H,9-10H2,(H,23,24)(H,26,27)/b16-12-. The average molecular weight is 444 g/mol. The first-order valence-corrected chi connectivity index (χ1v) is 10.1. The number of ether oxygens (including phenoxy) is 1. The van der Waals surface area contributed by atoms with Crippen molar-refractivity contribution in [3.63, 3.8) is 0 Å². The van der Waals surface area contributed by atoms with Crippen LogP contribution in [0.4, 0.5) is 0 Å². The van der Waals surface area contributed by atoms with Gasteiger partial charge in [-0.15, -0.1) is 0 Å². The van der Waals surface area contributed by atoms with Crippen molar-refractivity contribution in [2.24, 2.45) is 0 Å². The van der Waals surface area contributed by atoms with E-state index in [9.17, 15) is 19.5 Å². The van der Waals surface area contributed by atoms with Crippen LogP contribution >= 0.6 is 24.0 Å². The molecule has 2 aromatic carbocycles. The van der Waals surface area contributed by atoms with Crippen LogP contribution in [0.2, 0.25) is 0 Å². The van der Waals surface area contributed by atoms with Gasteiger partial charge in [-0.3, -0.25) is 14.5 Å². The first kappa shape index (κ1) is 21.5. The van der Waals surface area contributed by atoms with E-state index >= 15 is 0 Å². The molecule has 1 fully saturated rings. The Bertz CT molecular complexity index is 1020. The summed E-state index contributed by atoms with van der Waals surface area (Å²) < 4.78 is 5.57. The second-order valence-corrected chi connectivity index (χ2v) is 7.94. The molecule has 2 aromatic rings. The number of carboxylic acid groups (broad SMARTS) is 2. The predicted molar refractivity (Wildman–Crippen MR) is 116 cm³/mol. The molecular formula is C21H17NO6S2. The highest BCUT2D eigenvalue weighted by molar-refractivity contribution is 8.26. The van der Waals surface area contributed by atoms with Crippen molar-refractivity contribution in [3.8, 4) is 5.75 Å². The van der Waals surface area contributed by atoms with Gasteiger partial charge in [0.15, 0.2) is 6.04 Å². The monoisotopic (exact) mass is 443 g/mol. The maximum Gasteiger partial charge on any atom is 0.331 e. The van der Waals surface area contributed by atoms with Crippen molar-refractivity contribution in [2.75, 3.05) is 6.61 Å². The van der Waals surface area contributed by atoms with Crippen molar-refractivity contribution < 1.29 is 29.3 Å². The molecule has 7 nitrogen and oxygen atoms in total. The van der Waals surface area contributed by atoms with Crippen LogP contribution in [0.25, 0.3) is 6.08 Å². The largest absolute Gasteiger partial charge is 0.493 e. The minimum absolute atomic E-state index is 0.0261. The molecule has 3 rings (SSSR count). The van der Waals surface area contributed by atoms with Gasteiger partial charge in [0, 0.05) is 0 Å². The number of rotatable bonds is 8. The number of nitrogens with zero attached hydrogens (tertiary/aromatic N) is 1.